The summed E-state index contributed by atoms with van der Waals surface area (Å²) in [4.78, 5) is 23.9. The first kappa shape index (κ1) is 18.5. The van der Waals surface area contributed by atoms with Crippen LogP contribution in [0.15, 0.2) is 30.3 Å². The average molecular weight is 327 g/mol. The Labute approximate surface area is 137 Å². The number of methoxy groups -OCH3 is 1. The first-order valence-electron chi connectivity index (χ1n) is 7.33. The van der Waals surface area contributed by atoms with E-state index in [4.69, 9.17) is 4.74 Å². The van der Waals surface area contributed by atoms with Gasteiger partial charge in [0.1, 0.15) is 0 Å². The van der Waals surface area contributed by atoms with E-state index in [9.17, 15) is 9.59 Å². The number of ether oxygens (including phenoxy) is 1. The van der Waals surface area contributed by atoms with Crippen molar-refractivity contribution >= 4 is 24.3 Å². The third-order valence-electron chi connectivity index (χ3n) is 3.78. The molecule has 1 heterocycles. The molecule has 2 unspecified atom stereocenters. The number of hydrogen-bond acceptors (Lipinski definition) is 4. The highest BCUT2D eigenvalue weighted by atomic mass is 35.5. The van der Waals surface area contributed by atoms with Crippen LogP contribution in [-0.4, -0.2) is 32.1 Å². The molecule has 1 aromatic rings. The maximum Gasteiger partial charge on any atom is 0.307 e. The van der Waals surface area contributed by atoms with Gasteiger partial charge in [0.2, 0.25) is 5.91 Å². The molecular formula is C16H23ClN2O3. The first-order chi connectivity index (χ1) is 10.2. The van der Waals surface area contributed by atoms with Crippen LogP contribution >= 0.6 is 12.4 Å². The predicted molar refractivity (Wildman–Crippen MR) is 86.8 cm³/mol. The summed E-state index contributed by atoms with van der Waals surface area (Å²) in [7, 11) is 1.36. The number of rotatable bonds is 5. The highest BCUT2D eigenvalue weighted by Gasteiger charge is 2.25. The lowest BCUT2D eigenvalue weighted by Gasteiger charge is -2.25. The number of hydrogen-bond donors (Lipinski definition) is 2. The van der Waals surface area contributed by atoms with Crippen molar-refractivity contribution in [3.63, 3.8) is 0 Å². The van der Waals surface area contributed by atoms with Gasteiger partial charge in [-0.25, -0.2) is 0 Å². The average Bonchev–Trinajstić information content (AvgIpc) is 2.55. The molecule has 2 rings (SSSR count). The van der Waals surface area contributed by atoms with Crippen LogP contribution in [0.5, 0.6) is 0 Å². The molecule has 1 fully saturated rings. The Hall–Kier alpha value is -1.59. The van der Waals surface area contributed by atoms with Crippen LogP contribution in [0, 0.1) is 5.92 Å². The molecule has 2 N–H and O–H groups in total. The molecular weight excluding hydrogens is 304 g/mol. The molecule has 1 amide bonds. The zero-order valence-corrected chi connectivity index (χ0v) is 13.5. The second-order valence-electron chi connectivity index (χ2n) is 5.30. The molecule has 0 aromatic heterocycles. The number of amides is 1. The smallest absolute Gasteiger partial charge is 0.307 e. The molecule has 2 atom stereocenters. The number of benzene rings is 1. The van der Waals surface area contributed by atoms with E-state index in [1.807, 2.05) is 30.3 Å². The van der Waals surface area contributed by atoms with E-state index in [1.165, 1.54) is 7.11 Å². The van der Waals surface area contributed by atoms with Crippen LogP contribution in [0.25, 0.3) is 0 Å². The van der Waals surface area contributed by atoms with Crippen molar-refractivity contribution in [2.45, 2.75) is 25.3 Å². The van der Waals surface area contributed by atoms with Crippen molar-refractivity contribution in [1.29, 1.82) is 0 Å². The monoisotopic (exact) mass is 326 g/mol. The Morgan fingerprint density at radius 2 is 2.09 bits per heavy atom. The number of nitrogens with one attached hydrogen (secondary N) is 2. The Balaban J connectivity index is 0.00000242. The Morgan fingerprint density at radius 3 is 2.68 bits per heavy atom. The van der Waals surface area contributed by atoms with Crippen molar-refractivity contribution in [2.24, 2.45) is 5.92 Å². The van der Waals surface area contributed by atoms with Crippen LogP contribution < -0.4 is 10.6 Å². The van der Waals surface area contributed by atoms with Gasteiger partial charge in [0.05, 0.1) is 25.5 Å². The molecule has 1 aromatic carbocycles. The number of carbonyl (C=O) groups is 2. The molecule has 22 heavy (non-hydrogen) atoms. The van der Waals surface area contributed by atoms with Gasteiger partial charge in [0.15, 0.2) is 0 Å². The Bertz CT molecular complexity index is 476. The maximum atomic E-state index is 12.3. The minimum atomic E-state index is -0.340. The lowest BCUT2D eigenvalue weighted by molar-refractivity contribution is -0.141. The molecule has 0 aliphatic carbocycles. The zero-order valence-electron chi connectivity index (χ0n) is 12.7. The van der Waals surface area contributed by atoms with E-state index in [1.54, 1.807) is 0 Å². The van der Waals surface area contributed by atoms with Crippen molar-refractivity contribution in [1.82, 2.24) is 10.6 Å². The highest BCUT2D eigenvalue weighted by Crippen LogP contribution is 2.19. The van der Waals surface area contributed by atoms with Gasteiger partial charge in [-0.1, -0.05) is 30.3 Å². The van der Waals surface area contributed by atoms with Crippen LogP contribution in [0.2, 0.25) is 0 Å². The normalized spacial score (nSPS) is 18.7. The molecule has 0 saturated carbocycles. The predicted octanol–water partition coefficient (Wildman–Crippen LogP) is 1.83. The minimum Gasteiger partial charge on any atom is -0.469 e. The quantitative estimate of drug-likeness (QED) is 0.810. The standard InChI is InChI=1S/C16H22N2O3.ClH/c1-21-15(19)10-14(12-6-3-2-4-7-12)18-16(20)13-8-5-9-17-11-13;/h2-4,6-7,13-14,17H,5,8-11H2,1H3,(H,18,20);1H. The second kappa shape index (κ2) is 9.43. The van der Waals surface area contributed by atoms with Gasteiger partial charge in [0.25, 0.3) is 0 Å². The Kier molecular flexibility index (Phi) is 7.91. The van der Waals surface area contributed by atoms with Crippen LogP contribution in [0.3, 0.4) is 0 Å². The lowest BCUT2D eigenvalue weighted by Crippen LogP contribution is -2.42. The molecule has 1 saturated heterocycles. The molecule has 0 spiro atoms. The molecule has 1 aliphatic rings. The SMILES string of the molecule is COC(=O)CC(NC(=O)C1CCCNC1)c1ccccc1.Cl. The van der Waals surface area contributed by atoms with Crippen molar-refractivity contribution in [2.75, 3.05) is 20.2 Å². The van der Waals surface area contributed by atoms with Gasteiger partial charge in [-0.15, -0.1) is 12.4 Å². The van der Waals surface area contributed by atoms with E-state index < -0.39 is 0 Å². The maximum absolute atomic E-state index is 12.3. The first-order valence-corrected chi connectivity index (χ1v) is 7.33. The van der Waals surface area contributed by atoms with Gasteiger partial charge in [0, 0.05) is 6.54 Å². The number of carbonyl (C=O) groups excluding carboxylic acids is 2. The van der Waals surface area contributed by atoms with E-state index in [0.29, 0.717) is 6.54 Å². The van der Waals surface area contributed by atoms with Crippen molar-refractivity contribution in [3.05, 3.63) is 35.9 Å². The van der Waals surface area contributed by atoms with Gasteiger partial charge in [-0.2, -0.15) is 0 Å². The molecule has 5 nitrogen and oxygen atoms in total. The largest absolute Gasteiger partial charge is 0.469 e. The molecule has 0 radical (unpaired) electrons. The topological polar surface area (TPSA) is 67.4 Å². The number of esters is 1. The molecule has 6 heteroatoms. The van der Waals surface area contributed by atoms with Gasteiger partial charge < -0.3 is 15.4 Å². The summed E-state index contributed by atoms with van der Waals surface area (Å²) in [6.45, 7) is 1.67. The molecule has 122 valence electrons. The summed E-state index contributed by atoms with van der Waals surface area (Å²) in [5.41, 5.74) is 0.917. The fourth-order valence-electron chi connectivity index (χ4n) is 2.55. The fraction of sp³-hybridized carbons (Fsp3) is 0.500. The van der Waals surface area contributed by atoms with E-state index in [-0.39, 0.29) is 42.7 Å². The minimum absolute atomic E-state index is 0. The third kappa shape index (κ3) is 5.31. The lowest BCUT2D eigenvalue weighted by atomic mass is 9.97. The summed E-state index contributed by atoms with van der Waals surface area (Å²) in [6.07, 6.45) is 2.04. The molecule has 1 aliphatic heterocycles. The van der Waals surface area contributed by atoms with Crippen molar-refractivity contribution in [3.8, 4) is 0 Å². The van der Waals surface area contributed by atoms with E-state index >= 15 is 0 Å². The van der Waals surface area contributed by atoms with E-state index in [2.05, 4.69) is 10.6 Å². The second-order valence-corrected chi connectivity index (χ2v) is 5.30. The summed E-state index contributed by atoms with van der Waals surface area (Å²) < 4.78 is 4.73. The fourth-order valence-corrected chi connectivity index (χ4v) is 2.55. The van der Waals surface area contributed by atoms with E-state index in [0.717, 1.165) is 24.9 Å². The Morgan fingerprint density at radius 1 is 1.36 bits per heavy atom. The zero-order chi connectivity index (χ0) is 15.1. The summed E-state index contributed by atoms with van der Waals surface area (Å²) >= 11 is 0. The van der Waals surface area contributed by atoms with Gasteiger partial charge in [-0.3, -0.25) is 9.59 Å². The number of halogens is 1. The van der Waals surface area contributed by atoms with Crippen LogP contribution in [0.4, 0.5) is 0 Å². The van der Waals surface area contributed by atoms with Gasteiger partial charge >= 0.3 is 5.97 Å². The number of piperidine rings is 1. The summed E-state index contributed by atoms with van der Waals surface area (Å²) in [5, 5.41) is 6.22. The highest BCUT2D eigenvalue weighted by molar-refractivity contribution is 5.85. The summed E-state index contributed by atoms with van der Waals surface area (Å²) in [6, 6.07) is 9.18. The summed E-state index contributed by atoms with van der Waals surface area (Å²) in [5.74, 6) is -0.353. The van der Waals surface area contributed by atoms with Crippen LogP contribution in [-0.2, 0) is 14.3 Å². The van der Waals surface area contributed by atoms with Crippen molar-refractivity contribution < 1.29 is 14.3 Å². The van der Waals surface area contributed by atoms with Gasteiger partial charge in [-0.05, 0) is 24.9 Å². The third-order valence-corrected chi connectivity index (χ3v) is 3.78. The van der Waals surface area contributed by atoms with Crippen LogP contribution in [0.1, 0.15) is 30.9 Å². The molecule has 0 bridgehead atoms.